The lowest BCUT2D eigenvalue weighted by atomic mass is 9.73. The standard InChI is InChI=1S/C20H20O4/c21-18-9-13(11-23-18)12-24-20(22)19-16-7-3-1-5-14(16)10-15-6-2-4-8-17(15)19/h1,3,5-8,13-14H,2,4,9-12H2. The van der Waals surface area contributed by atoms with E-state index in [-0.39, 0.29) is 30.4 Å². The van der Waals surface area contributed by atoms with Crippen molar-refractivity contribution in [1.82, 2.24) is 0 Å². The Hall–Kier alpha value is -2.36. The van der Waals surface area contributed by atoms with Crippen molar-refractivity contribution in [1.29, 1.82) is 0 Å². The molecule has 2 unspecified atom stereocenters. The fourth-order valence-electron chi connectivity index (χ4n) is 3.77. The van der Waals surface area contributed by atoms with Crippen LogP contribution < -0.4 is 0 Å². The summed E-state index contributed by atoms with van der Waals surface area (Å²) >= 11 is 0. The van der Waals surface area contributed by atoms with Crippen LogP contribution in [0.15, 0.2) is 58.7 Å². The molecule has 0 spiro atoms. The molecule has 124 valence electrons. The van der Waals surface area contributed by atoms with Crippen molar-refractivity contribution in [2.75, 3.05) is 13.2 Å². The van der Waals surface area contributed by atoms with Crippen molar-refractivity contribution in [3.8, 4) is 0 Å². The Bertz CT molecular complexity index is 733. The third-order valence-corrected chi connectivity index (χ3v) is 4.97. The minimum Gasteiger partial charge on any atom is -0.465 e. The topological polar surface area (TPSA) is 52.6 Å². The van der Waals surface area contributed by atoms with Crippen molar-refractivity contribution >= 4 is 11.9 Å². The van der Waals surface area contributed by atoms with Gasteiger partial charge in [0.15, 0.2) is 0 Å². The Morgan fingerprint density at radius 3 is 2.92 bits per heavy atom. The Morgan fingerprint density at radius 2 is 2.08 bits per heavy atom. The Labute approximate surface area is 141 Å². The number of cyclic esters (lactones) is 1. The lowest BCUT2D eigenvalue weighted by molar-refractivity contribution is -0.140. The zero-order valence-electron chi connectivity index (χ0n) is 13.5. The molecule has 0 bridgehead atoms. The van der Waals surface area contributed by atoms with Gasteiger partial charge in [-0.2, -0.15) is 0 Å². The van der Waals surface area contributed by atoms with E-state index >= 15 is 0 Å². The second-order valence-electron chi connectivity index (χ2n) is 6.66. The molecule has 0 N–H and O–H groups in total. The molecule has 1 heterocycles. The van der Waals surface area contributed by atoms with Crippen LogP contribution in [0.1, 0.15) is 25.7 Å². The average molecular weight is 324 g/mol. The number of ether oxygens (including phenoxy) is 2. The molecule has 0 amide bonds. The van der Waals surface area contributed by atoms with Gasteiger partial charge in [-0.3, -0.25) is 4.79 Å². The van der Waals surface area contributed by atoms with Gasteiger partial charge in [0.2, 0.25) is 0 Å². The van der Waals surface area contributed by atoms with Crippen LogP contribution in [0.5, 0.6) is 0 Å². The fraction of sp³-hybridized carbons (Fsp3) is 0.400. The molecule has 0 radical (unpaired) electrons. The highest BCUT2D eigenvalue weighted by Crippen LogP contribution is 2.42. The summed E-state index contributed by atoms with van der Waals surface area (Å²) in [5.41, 5.74) is 4.03. The van der Waals surface area contributed by atoms with E-state index in [4.69, 9.17) is 9.47 Å². The van der Waals surface area contributed by atoms with Gasteiger partial charge >= 0.3 is 11.9 Å². The predicted octanol–water partition coefficient (Wildman–Crippen LogP) is 3.18. The summed E-state index contributed by atoms with van der Waals surface area (Å²) in [5, 5.41) is 0. The molecule has 24 heavy (non-hydrogen) atoms. The van der Waals surface area contributed by atoms with E-state index in [2.05, 4.69) is 18.2 Å². The van der Waals surface area contributed by atoms with Crippen LogP contribution in [0.3, 0.4) is 0 Å². The number of hydrogen-bond acceptors (Lipinski definition) is 4. The molecule has 0 aromatic carbocycles. The van der Waals surface area contributed by atoms with E-state index in [1.165, 1.54) is 5.57 Å². The first-order valence-corrected chi connectivity index (χ1v) is 8.54. The molecule has 0 aromatic rings. The summed E-state index contributed by atoms with van der Waals surface area (Å²) in [6.45, 7) is 0.578. The van der Waals surface area contributed by atoms with E-state index < -0.39 is 0 Å². The van der Waals surface area contributed by atoms with Crippen molar-refractivity contribution in [3.63, 3.8) is 0 Å². The van der Waals surface area contributed by atoms with Crippen LogP contribution in [-0.4, -0.2) is 25.2 Å². The van der Waals surface area contributed by atoms with Crippen LogP contribution in [0.2, 0.25) is 0 Å². The second-order valence-corrected chi connectivity index (χ2v) is 6.66. The Kier molecular flexibility index (Phi) is 3.97. The van der Waals surface area contributed by atoms with Crippen LogP contribution in [0.25, 0.3) is 0 Å². The van der Waals surface area contributed by atoms with Gasteiger partial charge in [0, 0.05) is 11.8 Å². The number of carbonyl (C=O) groups is 2. The molecule has 3 aliphatic carbocycles. The van der Waals surface area contributed by atoms with Crippen molar-refractivity contribution in [3.05, 3.63) is 58.7 Å². The average Bonchev–Trinajstić information content (AvgIpc) is 3.03. The summed E-state index contributed by atoms with van der Waals surface area (Å²) < 4.78 is 10.5. The molecule has 2 atom stereocenters. The normalized spacial score (nSPS) is 27.9. The number of carbonyl (C=O) groups excluding carboxylic acids is 2. The van der Waals surface area contributed by atoms with E-state index in [1.54, 1.807) is 0 Å². The number of hydrogen-bond donors (Lipinski definition) is 0. The van der Waals surface area contributed by atoms with E-state index in [1.807, 2.05) is 18.2 Å². The minimum absolute atomic E-state index is 0.0245. The monoisotopic (exact) mass is 324 g/mol. The van der Waals surface area contributed by atoms with Crippen molar-refractivity contribution < 1.29 is 19.1 Å². The zero-order valence-corrected chi connectivity index (χ0v) is 13.5. The van der Waals surface area contributed by atoms with E-state index in [0.717, 1.165) is 30.4 Å². The summed E-state index contributed by atoms with van der Waals surface area (Å²) in [4.78, 5) is 24.0. The first-order valence-electron chi connectivity index (χ1n) is 8.54. The molecule has 1 saturated heterocycles. The van der Waals surface area contributed by atoms with Gasteiger partial charge in [-0.05, 0) is 36.0 Å². The van der Waals surface area contributed by atoms with Gasteiger partial charge in [-0.15, -0.1) is 0 Å². The lowest BCUT2D eigenvalue weighted by Gasteiger charge is -2.31. The molecule has 4 aliphatic rings. The van der Waals surface area contributed by atoms with E-state index in [0.29, 0.717) is 18.6 Å². The SMILES string of the molecule is O=C1CC(COC(=O)C2=C3C=CC=CC3CC3=CCCC=C32)CO1. The summed E-state index contributed by atoms with van der Waals surface area (Å²) in [7, 11) is 0. The van der Waals surface area contributed by atoms with Gasteiger partial charge in [0.05, 0.1) is 25.2 Å². The Balaban J connectivity index is 1.59. The second kappa shape index (κ2) is 6.27. The maximum Gasteiger partial charge on any atom is 0.339 e. The first-order chi connectivity index (χ1) is 11.7. The number of allylic oxidation sites excluding steroid dienone is 8. The number of esters is 2. The molecule has 4 rings (SSSR count). The Morgan fingerprint density at radius 1 is 1.21 bits per heavy atom. The largest absolute Gasteiger partial charge is 0.465 e. The molecule has 0 aromatic heterocycles. The van der Waals surface area contributed by atoms with Crippen molar-refractivity contribution in [2.24, 2.45) is 11.8 Å². The van der Waals surface area contributed by atoms with Crippen LogP contribution in [-0.2, 0) is 19.1 Å². The number of fused-ring (bicyclic) bond motifs is 2. The summed E-state index contributed by atoms with van der Waals surface area (Å²) in [6.07, 6.45) is 15.9. The molecule has 1 aliphatic heterocycles. The first kappa shape index (κ1) is 15.2. The van der Waals surface area contributed by atoms with Gasteiger partial charge < -0.3 is 9.47 Å². The smallest absolute Gasteiger partial charge is 0.339 e. The summed E-state index contributed by atoms with van der Waals surface area (Å²) in [6, 6.07) is 0. The maximum atomic E-state index is 12.8. The fourth-order valence-corrected chi connectivity index (χ4v) is 3.77. The van der Waals surface area contributed by atoms with Crippen LogP contribution in [0.4, 0.5) is 0 Å². The molecular formula is C20H20O4. The summed E-state index contributed by atoms with van der Waals surface area (Å²) in [5.74, 6) is -0.275. The molecule has 0 saturated carbocycles. The van der Waals surface area contributed by atoms with Gasteiger partial charge in [0.25, 0.3) is 0 Å². The zero-order chi connectivity index (χ0) is 16.5. The van der Waals surface area contributed by atoms with E-state index in [9.17, 15) is 9.59 Å². The highest BCUT2D eigenvalue weighted by atomic mass is 16.6. The molecule has 4 nitrogen and oxygen atoms in total. The molecule has 1 fully saturated rings. The maximum absolute atomic E-state index is 12.8. The van der Waals surface area contributed by atoms with Gasteiger partial charge in [-0.1, -0.05) is 36.5 Å². The quantitative estimate of drug-likeness (QED) is 0.748. The van der Waals surface area contributed by atoms with Crippen molar-refractivity contribution in [2.45, 2.75) is 25.7 Å². The van der Waals surface area contributed by atoms with Gasteiger partial charge in [-0.25, -0.2) is 4.79 Å². The molecular weight excluding hydrogens is 304 g/mol. The highest BCUT2D eigenvalue weighted by molar-refractivity contribution is 5.97. The minimum atomic E-state index is -0.284. The molecule has 4 heteroatoms. The highest BCUT2D eigenvalue weighted by Gasteiger charge is 2.33. The lowest BCUT2D eigenvalue weighted by Crippen LogP contribution is -2.24. The third-order valence-electron chi connectivity index (χ3n) is 4.97. The van der Waals surface area contributed by atoms with Crippen LogP contribution in [0, 0.1) is 11.8 Å². The van der Waals surface area contributed by atoms with Crippen LogP contribution >= 0.6 is 0 Å². The predicted molar refractivity (Wildman–Crippen MR) is 88.8 cm³/mol. The third kappa shape index (κ3) is 2.77. The number of rotatable bonds is 3. The van der Waals surface area contributed by atoms with Gasteiger partial charge in [0.1, 0.15) is 0 Å².